The van der Waals surface area contributed by atoms with E-state index in [4.69, 9.17) is 5.73 Å². The summed E-state index contributed by atoms with van der Waals surface area (Å²) < 4.78 is 24.2. The van der Waals surface area contributed by atoms with Crippen LogP contribution in [0.5, 0.6) is 0 Å². The predicted molar refractivity (Wildman–Crippen MR) is 76.2 cm³/mol. The normalized spacial score (nSPS) is 30.4. The van der Waals surface area contributed by atoms with Crippen LogP contribution in [0.4, 0.5) is 5.95 Å². The smallest absolute Gasteiger partial charge is 0.244 e. The second kappa shape index (κ2) is 5.33. The molecule has 3 heterocycles. The molecule has 1 aromatic rings. The Labute approximate surface area is 118 Å². The first kappa shape index (κ1) is 13.8. The molecule has 0 spiro atoms. The maximum absolute atomic E-state index is 12.1. The Balaban J connectivity index is 1.79. The third kappa shape index (κ3) is 2.67. The van der Waals surface area contributed by atoms with Crippen molar-refractivity contribution in [2.24, 2.45) is 5.73 Å². The van der Waals surface area contributed by atoms with Crippen molar-refractivity contribution in [1.29, 1.82) is 0 Å². The van der Waals surface area contributed by atoms with E-state index in [9.17, 15) is 8.42 Å². The van der Waals surface area contributed by atoms with E-state index < -0.39 is 15.1 Å². The van der Waals surface area contributed by atoms with Crippen LogP contribution in [0, 0.1) is 0 Å². The maximum atomic E-state index is 12.1. The molecule has 0 aliphatic carbocycles. The Hall–Kier alpha value is -1.15. The Morgan fingerprint density at radius 2 is 2.10 bits per heavy atom. The van der Waals surface area contributed by atoms with Gasteiger partial charge in [0, 0.05) is 19.1 Å². The summed E-state index contributed by atoms with van der Waals surface area (Å²) in [6.45, 7) is 1.61. The van der Waals surface area contributed by atoms with Gasteiger partial charge in [-0.3, -0.25) is 5.10 Å². The number of aromatic nitrogens is 3. The molecule has 1 aromatic heterocycles. The summed E-state index contributed by atoms with van der Waals surface area (Å²) in [6.07, 6.45) is 4.35. The lowest BCUT2D eigenvalue weighted by atomic mass is 10.1. The van der Waals surface area contributed by atoms with Gasteiger partial charge in [0.25, 0.3) is 0 Å². The number of nitrogens with zero attached hydrogens (tertiary/aromatic N) is 3. The van der Waals surface area contributed by atoms with Crippen LogP contribution in [-0.2, 0) is 9.84 Å². The lowest BCUT2D eigenvalue weighted by molar-refractivity contribution is 0.500. The average Bonchev–Trinajstić information content (AvgIpc) is 2.87. The number of anilines is 1. The Kier molecular flexibility index (Phi) is 3.68. The molecule has 2 fully saturated rings. The molecule has 0 aromatic carbocycles. The Morgan fingerprint density at radius 3 is 2.85 bits per heavy atom. The van der Waals surface area contributed by atoms with Gasteiger partial charge in [0.1, 0.15) is 11.1 Å². The zero-order chi connectivity index (χ0) is 14.2. The summed E-state index contributed by atoms with van der Waals surface area (Å²) in [4.78, 5) is 6.44. The van der Waals surface area contributed by atoms with Gasteiger partial charge in [-0.05, 0) is 25.7 Å². The van der Waals surface area contributed by atoms with Gasteiger partial charge in [-0.25, -0.2) is 8.42 Å². The summed E-state index contributed by atoms with van der Waals surface area (Å²) in [5, 5.41) is 6.49. The molecule has 0 saturated carbocycles. The molecule has 0 radical (unpaired) electrons. The van der Waals surface area contributed by atoms with E-state index in [0.717, 1.165) is 38.8 Å². The standard InChI is InChI=1S/C12H21N5O2S/c13-9-4-3-6-17(8-9)12-14-11(15-16-12)10-5-1-2-7-20(10,18)19/h9-10H,1-8,13H2,(H,14,15,16). The van der Waals surface area contributed by atoms with Crippen molar-refractivity contribution in [1.82, 2.24) is 15.2 Å². The van der Waals surface area contributed by atoms with Crippen LogP contribution in [0.2, 0.25) is 0 Å². The number of H-pyrrole nitrogens is 1. The lowest BCUT2D eigenvalue weighted by Gasteiger charge is -2.29. The van der Waals surface area contributed by atoms with Crippen molar-refractivity contribution in [3.05, 3.63) is 5.82 Å². The van der Waals surface area contributed by atoms with Crippen molar-refractivity contribution in [3.8, 4) is 0 Å². The fourth-order valence-electron chi connectivity index (χ4n) is 3.00. The molecule has 2 aliphatic heterocycles. The van der Waals surface area contributed by atoms with Crippen LogP contribution in [0.25, 0.3) is 0 Å². The topological polar surface area (TPSA) is 105 Å². The monoisotopic (exact) mass is 299 g/mol. The molecule has 3 rings (SSSR count). The van der Waals surface area contributed by atoms with E-state index in [2.05, 4.69) is 15.2 Å². The van der Waals surface area contributed by atoms with E-state index in [1.165, 1.54) is 0 Å². The number of rotatable bonds is 2. The summed E-state index contributed by atoms with van der Waals surface area (Å²) >= 11 is 0. The van der Waals surface area contributed by atoms with Gasteiger partial charge in [-0.15, -0.1) is 5.10 Å². The number of hydrogen-bond donors (Lipinski definition) is 2. The summed E-state index contributed by atoms with van der Waals surface area (Å²) in [5.74, 6) is 1.32. The molecule has 112 valence electrons. The van der Waals surface area contributed by atoms with E-state index in [1.54, 1.807) is 0 Å². The van der Waals surface area contributed by atoms with Crippen molar-refractivity contribution >= 4 is 15.8 Å². The van der Waals surface area contributed by atoms with E-state index in [-0.39, 0.29) is 11.8 Å². The fourth-order valence-corrected chi connectivity index (χ4v) is 4.87. The van der Waals surface area contributed by atoms with Gasteiger partial charge < -0.3 is 10.6 Å². The lowest BCUT2D eigenvalue weighted by Crippen LogP contribution is -2.43. The molecular weight excluding hydrogens is 278 g/mol. The Bertz CT molecular complexity index is 570. The SMILES string of the molecule is NC1CCCN(c2n[nH]c(C3CCCCS3(=O)=O)n2)C1. The summed E-state index contributed by atoms with van der Waals surface area (Å²) in [6, 6.07) is 0.143. The van der Waals surface area contributed by atoms with Crippen LogP contribution < -0.4 is 10.6 Å². The highest BCUT2D eigenvalue weighted by Crippen LogP contribution is 2.32. The quantitative estimate of drug-likeness (QED) is 0.817. The maximum Gasteiger partial charge on any atom is 0.244 e. The van der Waals surface area contributed by atoms with Gasteiger partial charge in [-0.2, -0.15) is 4.98 Å². The summed E-state index contributed by atoms with van der Waals surface area (Å²) in [5.41, 5.74) is 5.95. The number of aromatic amines is 1. The number of piperidine rings is 1. The molecule has 0 amide bonds. The largest absolute Gasteiger partial charge is 0.338 e. The van der Waals surface area contributed by atoms with E-state index >= 15 is 0 Å². The van der Waals surface area contributed by atoms with Crippen molar-refractivity contribution in [2.75, 3.05) is 23.7 Å². The number of nitrogens with two attached hydrogens (primary N) is 1. The highest BCUT2D eigenvalue weighted by Gasteiger charge is 2.33. The van der Waals surface area contributed by atoms with Gasteiger partial charge in [0.05, 0.1) is 5.75 Å². The molecule has 2 atom stereocenters. The van der Waals surface area contributed by atoms with Gasteiger partial charge in [0.15, 0.2) is 9.84 Å². The van der Waals surface area contributed by atoms with Crippen molar-refractivity contribution in [3.63, 3.8) is 0 Å². The van der Waals surface area contributed by atoms with Gasteiger partial charge >= 0.3 is 0 Å². The van der Waals surface area contributed by atoms with E-state index in [1.807, 2.05) is 4.90 Å². The van der Waals surface area contributed by atoms with Crippen LogP contribution in [-0.4, -0.2) is 48.5 Å². The van der Waals surface area contributed by atoms with Gasteiger partial charge in [-0.1, -0.05) is 6.42 Å². The molecule has 2 aliphatic rings. The molecule has 8 heteroatoms. The third-order valence-electron chi connectivity index (χ3n) is 4.12. The molecular formula is C12H21N5O2S. The molecule has 3 N–H and O–H groups in total. The first-order chi connectivity index (χ1) is 9.56. The van der Waals surface area contributed by atoms with Crippen LogP contribution in [0.15, 0.2) is 0 Å². The minimum absolute atomic E-state index is 0.143. The number of hydrogen-bond acceptors (Lipinski definition) is 6. The highest BCUT2D eigenvalue weighted by molar-refractivity contribution is 7.91. The minimum Gasteiger partial charge on any atom is -0.338 e. The first-order valence-electron chi connectivity index (χ1n) is 7.20. The number of nitrogens with one attached hydrogen (secondary N) is 1. The van der Waals surface area contributed by atoms with E-state index in [0.29, 0.717) is 18.2 Å². The highest BCUT2D eigenvalue weighted by atomic mass is 32.2. The second-order valence-electron chi connectivity index (χ2n) is 5.72. The molecule has 0 bridgehead atoms. The molecule has 20 heavy (non-hydrogen) atoms. The summed E-state index contributed by atoms with van der Waals surface area (Å²) in [7, 11) is -3.08. The number of sulfone groups is 1. The molecule has 2 saturated heterocycles. The van der Waals surface area contributed by atoms with Crippen LogP contribution in [0.3, 0.4) is 0 Å². The fraction of sp³-hybridized carbons (Fsp3) is 0.833. The third-order valence-corrected chi connectivity index (χ3v) is 6.30. The molecule has 2 unspecified atom stereocenters. The second-order valence-corrected chi connectivity index (χ2v) is 8.02. The van der Waals surface area contributed by atoms with Gasteiger partial charge in [0.2, 0.25) is 5.95 Å². The minimum atomic E-state index is -3.08. The Morgan fingerprint density at radius 1 is 1.25 bits per heavy atom. The zero-order valence-electron chi connectivity index (χ0n) is 11.5. The zero-order valence-corrected chi connectivity index (χ0v) is 12.3. The van der Waals surface area contributed by atoms with Crippen LogP contribution in [0.1, 0.15) is 43.2 Å². The van der Waals surface area contributed by atoms with Crippen molar-refractivity contribution in [2.45, 2.75) is 43.4 Å². The predicted octanol–water partition coefficient (Wildman–Crippen LogP) is 0.372. The van der Waals surface area contributed by atoms with Crippen LogP contribution >= 0.6 is 0 Å². The average molecular weight is 299 g/mol. The first-order valence-corrected chi connectivity index (χ1v) is 8.92. The van der Waals surface area contributed by atoms with Crippen molar-refractivity contribution < 1.29 is 8.42 Å². The molecule has 7 nitrogen and oxygen atoms in total.